The van der Waals surface area contributed by atoms with Crippen molar-refractivity contribution in [2.45, 2.75) is 31.5 Å². The highest BCUT2D eigenvalue weighted by Gasteiger charge is 2.42. The van der Waals surface area contributed by atoms with Crippen LogP contribution < -0.4 is 0 Å². The number of nitrogens with one attached hydrogen (secondary N) is 1. The summed E-state index contributed by atoms with van der Waals surface area (Å²) in [4.78, 5) is 10.4. The molecule has 0 unspecified atom stereocenters. The fourth-order valence-electron chi connectivity index (χ4n) is 4.77. The van der Waals surface area contributed by atoms with Gasteiger partial charge in [-0.25, -0.2) is 0 Å². The van der Waals surface area contributed by atoms with Crippen LogP contribution in [0.2, 0.25) is 0 Å². The fourth-order valence-corrected chi connectivity index (χ4v) is 4.77. The average Bonchev–Trinajstić information content (AvgIpc) is 3.34. The number of aliphatic hydroxyl groups is 1. The number of hydrogen-bond acceptors (Lipinski definition) is 4. The highest BCUT2D eigenvalue weighted by molar-refractivity contribution is 5.78. The van der Waals surface area contributed by atoms with Crippen LogP contribution in [0.5, 0.6) is 0 Å². The van der Waals surface area contributed by atoms with E-state index >= 15 is 0 Å². The Labute approximate surface area is 146 Å². The smallest absolute Gasteiger partial charge is 0.0923 e. The molecule has 0 amide bonds. The van der Waals surface area contributed by atoms with Gasteiger partial charge < -0.3 is 10.1 Å². The molecule has 1 saturated carbocycles. The van der Waals surface area contributed by atoms with E-state index in [0.29, 0.717) is 11.8 Å². The molecule has 0 aromatic carbocycles. The van der Waals surface area contributed by atoms with Crippen molar-refractivity contribution in [3.05, 3.63) is 48.5 Å². The first-order valence-corrected chi connectivity index (χ1v) is 9.08. The van der Waals surface area contributed by atoms with Gasteiger partial charge in [-0.05, 0) is 42.9 Å². The van der Waals surface area contributed by atoms with E-state index in [2.05, 4.69) is 32.2 Å². The first-order valence-electron chi connectivity index (χ1n) is 9.08. The number of fused-ring (bicyclic) bond motifs is 2. The lowest BCUT2D eigenvalue weighted by atomic mass is 9.77. The SMILES string of the molecule is O[C@@H]1C[C@H]2CN(Cc3c[nH]c4cccnc34)C[C@H]2C[C@H]1n1cccn1. The number of aromatic nitrogens is 4. The Bertz CT molecular complexity index is 858. The van der Waals surface area contributed by atoms with E-state index in [1.54, 1.807) is 6.20 Å². The molecule has 5 rings (SSSR count). The van der Waals surface area contributed by atoms with Gasteiger partial charge in [0.1, 0.15) is 0 Å². The second kappa shape index (κ2) is 5.97. The zero-order valence-corrected chi connectivity index (χ0v) is 14.1. The Morgan fingerprint density at radius 2 is 2.04 bits per heavy atom. The van der Waals surface area contributed by atoms with Gasteiger partial charge in [-0.1, -0.05) is 0 Å². The van der Waals surface area contributed by atoms with Crippen LogP contribution in [0.25, 0.3) is 11.0 Å². The van der Waals surface area contributed by atoms with Crippen molar-refractivity contribution in [1.29, 1.82) is 0 Å². The zero-order chi connectivity index (χ0) is 16.8. The summed E-state index contributed by atoms with van der Waals surface area (Å²) in [5, 5.41) is 14.9. The Morgan fingerprint density at radius 1 is 1.16 bits per heavy atom. The third kappa shape index (κ3) is 2.65. The minimum atomic E-state index is -0.296. The largest absolute Gasteiger partial charge is 0.391 e. The van der Waals surface area contributed by atoms with Crippen LogP contribution in [-0.2, 0) is 6.54 Å². The Hall–Kier alpha value is -2.18. The summed E-state index contributed by atoms with van der Waals surface area (Å²) in [6, 6.07) is 6.08. The monoisotopic (exact) mass is 337 g/mol. The molecule has 1 aliphatic carbocycles. The number of pyridine rings is 1. The molecular formula is C19H23N5O. The molecule has 130 valence electrons. The first kappa shape index (κ1) is 15.1. The van der Waals surface area contributed by atoms with Crippen LogP contribution in [-0.4, -0.2) is 48.9 Å². The Kier molecular flexibility index (Phi) is 3.60. The molecule has 0 radical (unpaired) electrons. The summed E-state index contributed by atoms with van der Waals surface area (Å²) in [6.07, 6.45) is 9.29. The van der Waals surface area contributed by atoms with E-state index in [0.717, 1.165) is 43.5 Å². The summed E-state index contributed by atoms with van der Waals surface area (Å²) in [6.45, 7) is 3.08. The minimum Gasteiger partial charge on any atom is -0.391 e. The molecule has 3 aromatic heterocycles. The number of aliphatic hydroxyl groups excluding tert-OH is 1. The lowest BCUT2D eigenvalue weighted by Gasteiger charge is -2.35. The molecule has 25 heavy (non-hydrogen) atoms. The minimum absolute atomic E-state index is 0.117. The maximum atomic E-state index is 10.6. The first-order chi connectivity index (χ1) is 12.3. The van der Waals surface area contributed by atoms with Crippen molar-refractivity contribution in [1.82, 2.24) is 24.6 Å². The summed E-state index contributed by atoms with van der Waals surface area (Å²) in [7, 11) is 0. The van der Waals surface area contributed by atoms with Gasteiger partial charge in [0.2, 0.25) is 0 Å². The van der Waals surface area contributed by atoms with Crippen molar-refractivity contribution >= 4 is 11.0 Å². The third-order valence-electron chi connectivity index (χ3n) is 5.96. The van der Waals surface area contributed by atoms with Crippen LogP contribution in [0.4, 0.5) is 0 Å². The predicted molar refractivity (Wildman–Crippen MR) is 94.9 cm³/mol. The van der Waals surface area contributed by atoms with Crippen molar-refractivity contribution in [2.75, 3.05) is 13.1 Å². The fraction of sp³-hybridized carbons (Fsp3) is 0.474. The summed E-state index contributed by atoms with van der Waals surface area (Å²) < 4.78 is 1.94. The quantitative estimate of drug-likeness (QED) is 0.769. The maximum Gasteiger partial charge on any atom is 0.0923 e. The second-order valence-electron chi connectivity index (χ2n) is 7.52. The van der Waals surface area contributed by atoms with E-state index in [4.69, 9.17) is 0 Å². The summed E-state index contributed by atoms with van der Waals surface area (Å²) >= 11 is 0. The molecule has 3 aromatic rings. The van der Waals surface area contributed by atoms with Crippen molar-refractivity contribution < 1.29 is 5.11 Å². The third-order valence-corrected chi connectivity index (χ3v) is 5.96. The van der Waals surface area contributed by atoms with Gasteiger partial charge in [0.05, 0.1) is 23.2 Å². The van der Waals surface area contributed by atoms with Gasteiger partial charge in [-0.15, -0.1) is 0 Å². The average molecular weight is 337 g/mol. The van der Waals surface area contributed by atoms with Gasteiger partial charge in [0, 0.05) is 50.0 Å². The van der Waals surface area contributed by atoms with Gasteiger partial charge in [-0.2, -0.15) is 5.10 Å². The number of aromatic amines is 1. The van der Waals surface area contributed by atoms with Gasteiger partial charge in [0.15, 0.2) is 0 Å². The molecular weight excluding hydrogens is 314 g/mol. The number of hydrogen-bond donors (Lipinski definition) is 2. The second-order valence-corrected chi connectivity index (χ2v) is 7.52. The molecule has 2 fully saturated rings. The number of H-pyrrole nitrogens is 1. The lowest BCUT2D eigenvalue weighted by Crippen LogP contribution is -2.36. The summed E-state index contributed by atoms with van der Waals surface area (Å²) in [5.74, 6) is 1.22. The van der Waals surface area contributed by atoms with Gasteiger partial charge >= 0.3 is 0 Å². The summed E-state index contributed by atoms with van der Waals surface area (Å²) in [5.41, 5.74) is 3.44. The molecule has 0 spiro atoms. The van der Waals surface area contributed by atoms with Crippen LogP contribution in [0.1, 0.15) is 24.4 Å². The van der Waals surface area contributed by atoms with Crippen molar-refractivity contribution in [3.8, 4) is 0 Å². The normalized spacial score (nSPS) is 30.0. The highest BCUT2D eigenvalue weighted by atomic mass is 16.3. The van der Waals surface area contributed by atoms with Gasteiger partial charge in [-0.3, -0.25) is 14.6 Å². The molecule has 6 nitrogen and oxygen atoms in total. The molecule has 4 heterocycles. The van der Waals surface area contributed by atoms with Crippen LogP contribution in [0.15, 0.2) is 43.0 Å². The standard InChI is InChI=1S/C19H23N5O/c25-18-8-14-11-23(10-13(14)7-17(18)24-6-2-5-22-24)12-15-9-21-16-3-1-4-20-19(15)16/h1-6,9,13-14,17-18,21,25H,7-8,10-12H2/t13-,14+,17-,18-/m1/s1. The maximum absolute atomic E-state index is 10.6. The van der Waals surface area contributed by atoms with E-state index in [-0.39, 0.29) is 12.1 Å². The molecule has 6 heteroatoms. The van der Waals surface area contributed by atoms with Gasteiger partial charge in [0.25, 0.3) is 0 Å². The molecule has 1 saturated heterocycles. The number of rotatable bonds is 3. The molecule has 4 atom stereocenters. The van der Waals surface area contributed by atoms with E-state index in [9.17, 15) is 5.11 Å². The van der Waals surface area contributed by atoms with Crippen molar-refractivity contribution in [2.24, 2.45) is 11.8 Å². The van der Waals surface area contributed by atoms with Crippen molar-refractivity contribution in [3.63, 3.8) is 0 Å². The highest BCUT2D eigenvalue weighted by Crippen LogP contribution is 2.41. The van der Waals surface area contributed by atoms with Crippen LogP contribution in [0.3, 0.4) is 0 Å². The predicted octanol–water partition coefficient (Wildman–Crippen LogP) is 2.20. The Morgan fingerprint density at radius 3 is 2.88 bits per heavy atom. The number of nitrogens with zero attached hydrogens (tertiary/aromatic N) is 4. The molecule has 0 bridgehead atoms. The zero-order valence-electron chi connectivity index (χ0n) is 14.1. The van der Waals surface area contributed by atoms with E-state index < -0.39 is 0 Å². The molecule has 2 N–H and O–H groups in total. The van der Waals surface area contributed by atoms with Crippen LogP contribution >= 0.6 is 0 Å². The topological polar surface area (TPSA) is 70.0 Å². The number of likely N-dealkylation sites (tertiary alicyclic amines) is 1. The van der Waals surface area contributed by atoms with Crippen LogP contribution in [0, 0.1) is 11.8 Å². The Balaban J connectivity index is 1.31. The molecule has 1 aliphatic heterocycles. The van der Waals surface area contributed by atoms with E-state index in [1.165, 1.54) is 5.56 Å². The van der Waals surface area contributed by atoms with E-state index in [1.807, 2.05) is 29.2 Å². The lowest BCUT2D eigenvalue weighted by molar-refractivity contribution is 0.0306. The molecule has 2 aliphatic rings.